The van der Waals surface area contributed by atoms with Gasteiger partial charge in [-0.3, -0.25) is 9.88 Å². The van der Waals surface area contributed by atoms with Gasteiger partial charge in [-0.1, -0.05) is 13.3 Å². The molecular formula is C22H38BN3O3. The fourth-order valence-electron chi connectivity index (χ4n) is 3.88. The number of methoxy groups -OCH3 is 1. The molecule has 29 heavy (non-hydrogen) atoms. The second-order valence-electron chi connectivity index (χ2n) is 9.32. The third-order valence-electron chi connectivity index (χ3n) is 6.75. The van der Waals surface area contributed by atoms with Crippen LogP contribution in [0.4, 0.5) is 5.69 Å². The third kappa shape index (κ3) is 4.79. The van der Waals surface area contributed by atoms with Crippen LogP contribution in [0.3, 0.4) is 0 Å². The van der Waals surface area contributed by atoms with E-state index in [1.165, 1.54) is 19.4 Å². The number of nitrogens with zero attached hydrogens (tertiary/aromatic N) is 3. The molecule has 7 heteroatoms. The maximum atomic E-state index is 6.34. The molecule has 2 aliphatic heterocycles. The number of rotatable bonds is 7. The number of pyridine rings is 1. The standard InChI is InChI=1S/C22H38BN3O3/c1-8-9-10-25-11-13-26(14-12-25)18-15-19(20(24-16-18)17(2)27-7)23-28-21(3,4)22(5,6)29-23/h15-17H,8-14H2,1-7H3/t17-/m0/s1. The van der Waals surface area contributed by atoms with E-state index in [-0.39, 0.29) is 17.3 Å². The Kier molecular flexibility index (Phi) is 6.93. The van der Waals surface area contributed by atoms with Gasteiger partial charge in [0.05, 0.1) is 34.9 Å². The monoisotopic (exact) mass is 403 g/mol. The normalized spacial score (nSPS) is 22.9. The molecule has 6 nitrogen and oxygen atoms in total. The van der Waals surface area contributed by atoms with E-state index in [1.807, 2.05) is 13.1 Å². The minimum Gasteiger partial charge on any atom is -0.399 e. The van der Waals surface area contributed by atoms with E-state index >= 15 is 0 Å². The van der Waals surface area contributed by atoms with E-state index in [0.29, 0.717) is 0 Å². The largest absolute Gasteiger partial charge is 0.496 e. The van der Waals surface area contributed by atoms with Crippen molar-refractivity contribution in [2.24, 2.45) is 0 Å². The summed E-state index contributed by atoms with van der Waals surface area (Å²) in [5, 5.41) is 0. The molecule has 0 saturated carbocycles. The Balaban J connectivity index is 1.82. The van der Waals surface area contributed by atoms with Crippen LogP contribution in [0.5, 0.6) is 0 Å². The minimum atomic E-state index is -0.439. The summed E-state index contributed by atoms with van der Waals surface area (Å²) < 4.78 is 18.3. The van der Waals surface area contributed by atoms with Gasteiger partial charge in [0, 0.05) is 38.8 Å². The molecule has 2 saturated heterocycles. The summed E-state index contributed by atoms with van der Waals surface area (Å²) in [6, 6.07) is 2.20. The topological polar surface area (TPSA) is 47.1 Å². The average molecular weight is 403 g/mol. The SMILES string of the molecule is CCCCN1CCN(c2cnc([C@H](C)OC)c(B3OC(C)(C)C(C)(C)O3)c2)CC1. The maximum Gasteiger partial charge on any atom is 0.496 e. The van der Waals surface area contributed by atoms with Gasteiger partial charge < -0.3 is 18.9 Å². The lowest BCUT2D eigenvalue weighted by Crippen LogP contribution is -2.47. The van der Waals surface area contributed by atoms with Crippen molar-refractivity contribution in [2.45, 2.75) is 71.7 Å². The minimum absolute atomic E-state index is 0.121. The molecule has 0 spiro atoms. The van der Waals surface area contributed by atoms with Crippen LogP contribution in [-0.4, -0.2) is 68.0 Å². The average Bonchev–Trinajstić information content (AvgIpc) is 2.93. The Morgan fingerprint density at radius 1 is 1.14 bits per heavy atom. The molecule has 0 aliphatic carbocycles. The first-order valence-corrected chi connectivity index (χ1v) is 11.0. The number of hydrogen-bond donors (Lipinski definition) is 0. The molecule has 0 bridgehead atoms. The number of anilines is 1. The fraction of sp³-hybridized carbons (Fsp3) is 0.773. The summed E-state index contributed by atoms with van der Waals surface area (Å²) >= 11 is 0. The summed E-state index contributed by atoms with van der Waals surface area (Å²) in [6.45, 7) is 18.0. The van der Waals surface area contributed by atoms with Gasteiger partial charge in [0.25, 0.3) is 0 Å². The molecule has 2 fully saturated rings. The van der Waals surface area contributed by atoms with Crippen molar-refractivity contribution in [1.29, 1.82) is 0 Å². The van der Waals surface area contributed by atoms with Gasteiger partial charge in [-0.15, -0.1) is 0 Å². The van der Waals surface area contributed by atoms with Crippen molar-refractivity contribution in [1.82, 2.24) is 9.88 Å². The second kappa shape index (κ2) is 8.92. The first-order chi connectivity index (χ1) is 13.7. The lowest BCUT2D eigenvalue weighted by molar-refractivity contribution is 0.00578. The van der Waals surface area contributed by atoms with Gasteiger partial charge in [-0.2, -0.15) is 0 Å². The molecule has 162 valence electrons. The molecule has 0 amide bonds. The number of unbranched alkanes of at least 4 members (excludes halogenated alkanes) is 1. The Hall–Kier alpha value is -1.15. The predicted octanol–water partition coefficient (Wildman–Crippen LogP) is 3.01. The summed E-state index contributed by atoms with van der Waals surface area (Å²) in [7, 11) is 1.27. The molecule has 1 aromatic heterocycles. The summed E-state index contributed by atoms with van der Waals surface area (Å²) in [6.07, 6.45) is 4.38. The number of piperazine rings is 1. The molecule has 1 atom stereocenters. The molecule has 1 aromatic rings. The van der Waals surface area contributed by atoms with Crippen molar-refractivity contribution in [3.8, 4) is 0 Å². The fourth-order valence-corrected chi connectivity index (χ4v) is 3.88. The molecule has 0 aromatic carbocycles. The van der Waals surface area contributed by atoms with Gasteiger partial charge in [-0.05, 0) is 53.7 Å². The Morgan fingerprint density at radius 2 is 1.76 bits per heavy atom. The van der Waals surface area contributed by atoms with Crippen LogP contribution in [0.25, 0.3) is 0 Å². The molecule has 3 rings (SSSR count). The van der Waals surface area contributed by atoms with Crippen molar-refractivity contribution in [3.63, 3.8) is 0 Å². The lowest BCUT2D eigenvalue weighted by atomic mass is 9.76. The highest BCUT2D eigenvalue weighted by Gasteiger charge is 2.52. The number of ether oxygens (including phenoxy) is 1. The second-order valence-corrected chi connectivity index (χ2v) is 9.32. The van der Waals surface area contributed by atoms with Gasteiger partial charge in [-0.25, -0.2) is 0 Å². The molecule has 2 aliphatic rings. The zero-order valence-corrected chi connectivity index (χ0v) is 19.3. The molecule has 3 heterocycles. The van der Waals surface area contributed by atoms with Crippen molar-refractivity contribution < 1.29 is 14.0 Å². The van der Waals surface area contributed by atoms with E-state index in [2.05, 4.69) is 50.5 Å². The number of aromatic nitrogens is 1. The smallest absolute Gasteiger partial charge is 0.399 e. The van der Waals surface area contributed by atoms with Crippen LogP contribution in [-0.2, 0) is 14.0 Å². The molecule has 0 radical (unpaired) electrons. The summed E-state index contributed by atoms with van der Waals surface area (Å²) in [5.74, 6) is 0. The van der Waals surface area contributed by atoms with Crippen LogP contribution in [0.15, 0.2) is 12.3 Å². The molecular weight excluding hydrogens is 365 g/mol. The quantitative estimate of drug-likeness (QED) is 0.653. The first-order valence-electron chi connectivity index (χ1n) is 11.0. The van der Waals surface area contributed by atoms with Crippen LogP contribution in [0.1, 0.15) is 66.2 Å². The van der Waals surface area contributed by atoms with Gasteiger partial charge in [0.15, 0.2) is 0 Å². The van der Waals surface area contributed by atoms with E-state index in [1.54, 1.807) is 7.11 Å². The van der Waals surface area contributed by atoms with Gasteiger partial charge in [0.2, 0.25) is 0 Å². The maximum absolute atomic E-state index is 6.34. The Morgan fingerprint density at radius 3 is 2.31 bits per heavy atom. The van der Waals surface area contributed by atoms with E-state index in [0.717, 1.165) is 43.0 Å². The Bertz CT molecular complexity index is 674. The van der Waals surface area contributed by atoms with Crippen LogP contribution in [0.2, 0.25) is 0 Å². The first kappa shape index (κ1) is 22.5. The van der Waals surface area contributed by atoms with Crippen LogP contribution < -0.4 is 10.4 Å². The van der Waals surface area contributed by atoms with Crippen molar-refractivity contribution in [2.75, 3.05) is 44.7 Å². The van der Waals surface area contributed by atoms with Crippen LogP contribution >= 0.6 is 0 Å². The van der Waals surface area contributed by atoms with Gasteiger partial charge in [0.1, 0.15) is 0 Å². The molecule has 0 unspecified atom stereocenters. The van der Waals surface area contributed by atoms with Crippen molar-refractivity contribution in [3.05, 3.63) is 18.0 Å². The Labute approximate surface area is 177 Å². The number of hydrogen-bond acceptors (Lipinski definition) is 6. The van der Waals surface area contributed by atoms with Crippen LogP contribution in [0, 0.1) is 0 Å². The third-order valence-corrected chi connectivity index (χ3v) is 6.75. The lowest BCUT2D eigenvalue weighted by Gasteiger charge is -2.36. The zero-order valence-electron chi connectivity index (χ0n) is 19.3. The van der Waals surface area contributed by atoms with E-state index in [4.69, 9.17) is 19.0 Å². The zero-order chi connectivity index (χ0) is 21.2. The molecule has 0 N–H and O–H groups in total. The summed E-state index contributed by atoms with van der Waals surface area (Å²) in [4.78, 5) is 9.77. The predicted molar refractivity (Wildman–Crippen MR) is 119 cm³/mol. The van der Waals surface area contributed by atoms with E-state index in [9.17, 15) is 0 Å². The summed E-state index contributed by atoms with van der Waals surface area (Å²) in [5.41, 5.74) is 2.23. The van der Waals surface area contributed by atoms with E-state index < -0.39 is 7.12 Å². The highest BCUT2D eigenvalue weighted by atomic mass is 16.7. The van der Waals surface area contributed by atoms with Gasteiger partial charge >= 0.3 is 7.12 Å². The highest BCUT2D eigenvalue weighted by molar-refractivity contribution is 6.62. The van der Waals surface area contributed by atoms with Crippen molar-refractivity contribution >= 4 is 18.3 Å². The highest BCUT2D eigenvalue weighted by Crippen LogP contribution is 2.37.